The number of hydrogen-bond donors (Lipinski definition) is 2. The van der Waals surface area contributed by atoms with E-state index in [2.05, 4.69) is 20.7 Å². The fourth-order valence-corrected chi connectivity index (χ4v) is 4.94. The maximum absolute atomic E-state index is 13.2. The number of aromatic nitrogens is 3. The minimum absolute atomic E-state index is 0.0557. The number of amides is 2. The maximum Gasteiger partial charge on any atom is 0.422 e. The van der Waals surface area contributed by atoms with Gasteiger partial charge in [0.05, 0.1) is 24.7 Å². The number of alkyl halides is 4. The van der Waals surface area contributed by atoms with Crippen LogP contribution in [-0.2, 0) is 4.79 Å². The van der Waals surface area contributed by atoms with Crippen molar-refractivity contribution in [1.82, 2.24) is 19.5 Å². The van der Waals surface area contributed by atoms with Gasteiger partial charge in [0.25, 0.3) is 5.91 Å². The molecule has 2 N–H and O–H groups in total. The van der Waals surface area contributed by atoms with Crippen molar-refractivity contribution in [3.63, 3.8) is 0 Å². The number of likely N-dealkylation sites (tertiary alicyclic amines) is 1. The molecule has 2 aromatic heterocycles. The molecule has 1 atom stereocenters. The van der Waals surface area contributed by atoms with Crippen molar-refractivity contribution in [2.24, 2.45) is 0 Å². The summed E-state index contributed by atoms with van der Waals surface area (Å²) >= 11 is 0. The fourth-order valence-electron chi connectivity index (χ4n) is 4.94. The van der Waals surface area contributed by atoms with E-state index in [4.69, 9.17) is 4.74 Å². The summed E-state index contributed by atoms with van der Waals surface area (Å²) in [5.41, 5.74) is 3.45. The lowest BCUT2D eigenvalue weighted by molar-refractivity contribution is -0.153. The summed E-state index contributed by atoms with van der Waals surface area (Å²) in [5, 5.41) is 10.0. The molecule has 3 aromatic carbocycles. The smallest absolute Gasteiger partial charge is 0.422 e. The molecule has 0 aliphatic carbocycles. The molecule has 3 heterocycles. The molecule has 0 bridgehead atoms. The van der Waals surface area contributed by atoms with Crippen molar-refractivity contribution in [3.05, 3.63) is 102 Å². The number of hydrogen-bond acceptors (Lipinski definition) is 6. The van der Waals surface area contributed by atoms with Crippen molar-refractivity contribution in [1.29, 1.82) is 0 Å². The van der Waals surface area contributed by atoms with Crippen molar-refractivity contribution >= 4 is 34.8 Å². The molecule has 1 aliphatic rings. The van der Waals surface area contributed by atoms with Gasteiger partial charge in [-0.15, -0.1) is 5.10 Å². The highest BCUT2D eigenvalue weighted by atomic mass is 19.4. The fraction of sp³-hybridized carbons (Fsp3) is 0.212. The van der Waals surface area contributed by atoms with E-state index in [1.165, 1.54) is 39.7 Å². The zero-order valence-corrected chi connectivity index (χ0v) is 24.8. The molecule has 0 spiro atoms. The molecule has 1 aliphatic heterocycles. The number of nitrogens with one attached hydrogen (secondary N) is 2. The Morgan fingerprint density at radius 2 is 1.70 bits per heavy atom. The lowest BCUT2D eigenvalue weighted by atomic mass is 10.00. The van der Waals surface area contributed by atoms with Gasteiger partial charge in [-0.2, -0.15) is 18.2 Å². The monoisotopic (exact) mass is 650 g/mol. The first-order valence-electron chi connectivity index (χ1n) is 14.5. The summed E-state index contributed by atoms with van der Waals surface area (Å²) in [6, 6.07) is 20.4. The normalized spacial score (nSPS) is 14.0. The first-order valence-corrected chi connectivity index (χ1v) is 14.5. The number of carbonyl (C=O) groups excluding carboxylic acids is 2. The Morgan fingerprint density at radius 3 is 2.38 bits per heavy atom. The van der Waals surface area contributed by atoms with E-state index in [-0.39, 0.29) is 47.8 Å². The van der Waals surface area contributed by atoms with Gasteiger partial charge < -0.3 is 20.3 Å². The van der Waals surface area contributed by atoms with E-state index in [1.807, 2.05) is 12.1 Å². The maximum atomic E-state index is 13.2. The zero-order chi connectivity index (χ0) is 33.3. The summed E-state index contributed by atoms with van der Waals surface area (Å²) in [5.74, 6) is -1.81. The van der Waals surface area contributed by atoms with Gasteiger partial charge in [0.1, 0.15) is 17.7 Å². The van der Waals surface area contributed by atoms with Crippen LogP contribution in [0.5, 0.6) is 5.75 Å². The quantitative estimate of drug-likeness (QED) is 0.171. The van der Waals surface area contributed by atoms with Gasteiger partial charge in [0, 0.05) is 17.4 Å². The summed E-state index contributed by atoms with van der Waals surface area (Å²) in [6.45, 7) is -0.0158. The van der Waals surface area contributed by atoms with Gasteiger partial charge in [-0.3, -0.25) is 9.59 Å². The van der Waals surface area contributed by atoms with Crippen LogP contribution < -0.4 is 15.4 Å². The predicted octanol–water partition coefficient (Wildman–Crippen LogP) is 6.76. The van der Waals surface area contributed by atoms with Gasteiger partial charge >= 0.3 is 6.18 Å². The van der Waals surface area contributed by atoms with E-state index >= 15 is 0 Å². The Balaban J connectivity index is 1.16. The van der Waals surface area contributed by atoms with Crippen LogP contribution in [0.4, 0.5) is 39.3 Å². The van der Waals surface area contributed by atoms with Crippen molar-refractivity contribution in [2.45, 2.75) is 25.2 Å². The van der Waals surface area contributed by atoms with E-state index in [0.717, 1.165) is 11.1 Å². The van der Waals surface area contributed by atoms with Crippen LogP contribution in [0, 0.1) is 5.82 Å². The Hall–Kier alpha value is -5.53. The Kier molecular flexibility index (Phi) is 8.50. The Labute approximate surface area is 265 Å². The van der Waals surface area contributed by atoms with Gasteiger partial charge in [0.15, 0.2) is 12.3 Å². The molecular formula is C33H27F5N6O3. The summed E-state index contributed by atoms with van der Waals surface area (Å²) in [7, 11) is 0. The van der Waals surface area contributed by atoms with E-state index < -0.39 is 30.8 Å². The standard InChI is InChI=1S/C33H27F5N6O3/c1-19(20-2-7-24(34)8-3-20)30(45)39-26-9-4-21(5-10-26)22-12-13-44-29(15-22)41-32(42-44)40-27-11-6-23(31(46)43-16-25(35)17-43)14-28(27)47-18-33(36,37)38/h2-15,19,25H,16-18H2,1H3,(H,39,45)(H,40,42)/t19-/m1/s1. The van der Waals surface area contributed by atoms with Crippen LogP contribution in [0.1, 0.15) is 28.8 Å². The molecule has 1 saturated heterocycles. The molecule has 0 radical (unpaired) electrons. The zero-order valence-electron chi connectivity index (χ0n) is 24.8. The predicted molar refractivity (Wildman–Crippen MR) is 164 cm³/mol. The number of fused-ring (bicyclic) bond motifs is 1. The second kappa shape index (κ2) is 12.7. The molecule has 6 rings (SSSR count). The average Bonchev–Trinajstić information content (AvgIpc) is 3.44. The van der Waals surface area contributed by atoms with Crippen LogP contribution in [0.3, 0.4) is 0 Å². The number of pyridine rings is 1. The summed E-state index contributed by atoms with van der Waals surface area (Å²) in [6.07, 6.45) is -4.09. The first-order chi connectivity index (χ1) is 22.4. The van der Waals surface area contributed by atoms with Crippen molar-refractivity contribution in [2.75, 3.05) is 30.3 Å². The highest BCUT2D eigenvalue weighted by Gasteiger charge is 2.32. The number of halogens is 5. The molecule has 1 fully saturated rings. The van der Waals surface area contributed by atoms with E-state index in [1.54, 1.807) is 49.5 Å². The van der Waals surface area contributed by atoms with Crippen LogP contribution in [0.15, 0.2) is 85.1 Å². The summed E-state index contributed by atoms with van der Waals surface area (Å²) < 4.78 is 71.9. The third kappa shape index (κ3) is 7.32. The topological polar surface area (TPSA) is 101 Å². The minimum Gasteiger partial charge on any atom is -0.482 e. The number of rotatable bonds is 9. The molecule has 5 aromatic rings. The molecule has 14 heteroatoms. The van der Waals surface area contributed by atoms with Gasteiger partial charge in [-0.05, 0) is 78.2 Å². The van der Waals surface area contributed by atoms with Crippen LogP contribution >= 0.6 is 0 Å². The summed E-state index contributed by atoms with van der Waals surface area (Å²) in [4.78, 5) is 31.0. The second-order valence-corrected chi connectivity index (χ2v) is 11.0. The molecule has 47 heavy (non-hydrogen) atoms. The third-order valence-electron chi connectivity index (χ3n) is 7.58. The van der Waals surface area contributed by atoms with Gasteiger partial charge in [-0.1, -0.05) is 24.3 Å². The average molecular weight is 651 g/mol. The van der Waals surface area contributed by atoms with Gasteiger partial charge in [-0.25, -0.2) is 13.3 Å². The highest BCUT2D eigenvalue weighted by molar-refractivity contribution is 5.96. The number of anilines is 3. The molecule has 2 amide bonds. The first kappa shape index (κ1) is 31.5. The third-order valence-corrected chi connectivity index (χ3v) is 7.58. The van der Waals surface area contributed by atoms with Crippen LogP contribution in [-0.4, -0.2) is 63.4 Å². The number of ether oxygens (including phenoxy) is 1. The molecule has 9 nitrogen and oxygen atoms in total. The Morgan fingerprint density at radius 1 is 0.979 bits per heavy atom. The van der Waals surface area contributed by atoms with Crippen molar-refractivity contribution < 1.29 is 36.3 Å². The van der Waals surface area contributed by atoms with Crippen LogP contribution in [0.2, 0.25) is 0 Å². The van der Waals surface area contributed by atoms with Gasteiger partial charge in [0.2, 0.25) is 11.9 Å². The lowest BCUT2D eigenvalue weighted by Gasteiger charge is -2.34. The number of nitrogens with zero attached hydrogens (tertiary/aromatic N) is 4. The second-order valence-electron chi connectivity index (χ2n) is 11.0. The van der Waals surface area contributed by atoms with E-state index in [0.29, 0.717) is 16.9 Å². The molecule has 242 valence electrons. The molecular weight excluding hydrogens is 623 g/mol. The van der Waals surface area contributed by atoms with E-state index in [9.17, 15) is 31.5 Å². The largest absolute Gasteiger partial charge is 0.482 e. The Bertz CT molecular complexity index is 1920. The number of carbonyl (C=O) groups is 2. The SMILES string of the molecule is C[C@@H](C(=O)Nc1ccc(-c2ccn3nc(Nc4ccc(C(=O)N5CC(F)C5)cc4OCC(F)(F)F)nc3c2)cc1)c1ccc(F)cc1. The highest BCUT2D eigenvalue weighted by Crippen LogP contribution is 2.32. The van der Waals surface area contributed by atoms with Crippen LogP contribution in [0.25, 0.3) is 16.8 Å². The number of benzene rings is 3. The molecule has 0 saturated carbocycles. The lowest BCUT2D eigenvalue weighted by Crippen LogP contribution is -2.51. The van der Waals surface area contributed by atoms with Crippen molar-refractivity contribution in [3.8, 4) is 16.9 Å². The molecule has 0 unspecified atom stereocenters. The minimum atomic E-state index is -4.62.